The first-order valence-corrected chi connectivity index (χ1v) is 11.0. The maximum absolute atomic E-state index is 11.7. The van der Waals surface area contributed by atoms with Crippen molar-refractivity contribution in [2.75, 3.05) is 46.2 Å². The zero-order valence-electron chi connectivity index (χ0n) is 18.4. The maximum atomic E-state index is 11.7. The summed E-state index contributed by atoms with van der Waals surface area (Å²) in [5.41, 5.74) is -0.275. The number of nitrogens with one attached hydrogen (secondary N) is 1. The van der Waals surface area contributed by atoms with Crippen molar-refractivity contribution in [3.63, 3.8) is 0 Å². The molecule has 0 fully saturated rings. The summed E-state index contributed by atoms with van der Waals surface area (Å²) in [5.74, 6) is 0.153. The van der Waals surface area contributed by atoms with E-state index in [0.29, 0.717) is 26.4 Å². The number of ether oxygens (including phenoxy) is 3. The highest BCUT2D eigenvalue weighted by atomic mass is 16.5. The second kappa shape index (κ2) is 18.7. The molecule has 1 N–H and O–H groups in total. The van der Waals surface area contributed by atoms with Crippen LogP contribution in [0.3, 0.4) is 0 Å². The predicted molar refractivity (Wildman–Crippen MR) is 112 cm³/mol. The zero-order valence-corrected chi connectivity index (χ0v) is 18.4. The highest BCUT2D eigenvalue weighted by molar-refractivity contribution is 5.81. The standard InChI is InChI=1S/C22H45NO4/c1-5-25-17-18-27-20-19-26-16-14-12-10-8-6-7-9-11-13-15-23-21(24)22(2,3)4/h5-20H2,1-4H3,(H,23,24). The van der Waals surface area contributed by atoms with Crippen molar-refractivity contribution in [3.05, 3.63) is 0 Å². The lowest BCUT2D eigenvalue weighted by Crippen LogP contribution is -2.35. The van der Waals surface area contributed by atoms with Gasteiger partial charge in [0.15, 0.2) is 0 Å². The Hall–Kier alpha value is -0.650. The summed E-state index contributed by atoms with van der Waals surface area (Å²) in [4.78, 5) is 11.7. The lowest BCUT2D eigenvalue weighted by Gasteiger charge is -2.17. The minimum absolute atomic E-state index is 0.153. The summed E-state index contributed by atoms with van der Waals surface area (Å²) in [5, 5.41) is 3.01. The average molecular weight is 388 g/mol. The fourth-order valence-electron chi connectivity index (χ4n) is 2.62. The van der Waals surface area contributed by atoms with E-state index in [2.05, 4.69) is 5.32 Å². The molecule has 0 aliphatic rings. The molecule has 0 atom stereocenters. The number of hydrogen-bond donors (Lipinski definition) is 1. The van der Waals surface area contributed by atoms with Gasteiger partial charge in [-0.25, -0.2) is 0 Å². The first-order chi connectivity index (χ1) is 13.0. The van der Waals surface area contributed by atoms with Crippen LogP contribution in [0.4, 0.5) is 0 Å². The van der Waals surface area contributed by atoms with Crippen LogP contribution < -0.4 is 5.32 Å². The summed E-state index contributed by atoms with van der Waals surface area (Å²) in [6.07, 6.45) is 11.2. The average Bonchev–Trinajstić information content (AvgIpc) is 2.62. The Kier molecular flexibility index (Phi) is 18.3. The Morgan fingerprint density at radius 2 is 1.11 bits per heavy atom. The normalized spacial score (nSPS) is 11.7. The zero-order chi connectivity index (χ0) is 20.2. The Morgan fingerprint density at radius 1 is 0.667 bits per heavy atom. The van der Waals surface area contributed by atoms with Crippen molar-refractivity contribution in [1.82, 2.24) is 5.32 Å². The van der Waals surface area contributed by atoms with E-state index < -0.39 is 0 Å². The molecule has 162 valence electrons. The third-order valence-electron chi connectivity index (χ3n) is 4.38. The van der Waals surface area contributed by atoms with Gasteiger partial charge < -0.3 is 19.5 Å². The van der Waals surface area contributed by atoms with Crippen LogP contribution in [0.15, 0.2) is 0 Å². The van der Waals surface area contributed by atoms with Gasteiger partial charge >= 0.3 is 0 Å². The molecule has 1 amide bonds. The van der Waals surface area contributed by atoms with Crippen LogP contribution in [0, 0.1) is 5.41 Å². The molecule has 0 heterocycles. The SMILES string of the molecule is CCOCCOCCOCCCCCCCCCCCNC(=O)C(C)(C)C. The quantitative estimate of drug-likeness (QED) is 0.326. The van der Waals surface area contributed by atoms with Crippen LogP contribution in [0.5, 0.6) is 0 Å². The summed E-state index contributed by atoms with van der Waals surface area (Å²) in [6, 6.07) is 0. The molecule has 0 spiro atoms. The molecule has 5 heteroatoms. The smallest absolute Gasteiger partial charge is 0.225 e. The van der Waals surface area contributed by atoms with E-state index >= 15 is 0 Å². The lowest BCUT2D eigenvalue weighted by molar-refractivity contribution is -0.128. The van der Waals surface area contributed by atoms with Gasteiger partial charge in [0, 0.05) is 25.2 Å². The Labute approximate surface area is 167 Å². The molecule has 0 saturated heterocycles. The Bertz CT molecular complexity index is 329. The second-order valence-corrected chi connectivity index (χ2v) is 8.11. The molecule has 0 aromatic carbocycles. The third-order valence-corrected chi connectivity index (χ3v) is 4.38. The van der Waals surface area contributed by atoms with Crippen molar-refractivity contribution in [2.45, 2.75) is 85.5 Å². The van der Waals surface area contributed by atoms with Gasteiger partial charge in [-0.1, -0.05) is 65.7 Å². The van der Waals surface area contributed by atoms with Crippen LogP contribution in [-0.2, 0) is 19.0 Å². The number of carbonyl (C=O) groups excluding carboxylic acids is 1. The van der Waals surface area contributed by atoms with Gasteiger partial charge in [-0.15, -0.1) is 0 Å². The minimum Gasteiger partial charge on any atom is -0.379 e. The predicted octanol–water partition coefficient (Wildman–Crippen LogP) is 4.73. The molecular weight excluding hydrogens is 342 g/mol. The van der Waals surface area contributed by atoms with Crippen molar-refractivity contribution < 1.29 is 19.0 Å². The number of hydrogen-bond acceptors (Lipinski definition) is 4. The van der Waals surface area contributed by atoms with Crippen LogP contribution in [0.25, 0.3) is 0 Å². The fraction of sp³-hybridized carbons (Fsp3) is 0.955. The van der Waals surface area contributed by atoms with Gasteiger partial charge in [-0.05, 0) is 19.8 Å². The van der Waals surface area contributed by atoms with Crippen LogP contribution in [0.1, 0.15) is 85.5 Å². The van der Waals surface area contributed by atoms with Gasteiger partial charge in [0.1, 0.15) is 0 Å². The molecule has 0 radical (unpaired) electrons. The molecule has 5 nitrogen and oxygen atoms in total. The number of rotatable bonds is 19. The molecule has 0 aliphatic carbocycles. The van der Waals surface area contributed by atoms with Crippen molar-refractivity contribution >= 4 is 5.91 Å². The highest BCUT2D eigenvalue weighted by Crippen LogP contribution is 2.13. The summed E-state index contributed by atoms with van der Waals surface area (Å²) >= 11 is 0. The van der Waals surface area contributed by atoms with E-state index in [-0.39, 0.29) is 11.3 Å². The largest absolute Gasteiger partial charge is 0.379 e. The van der Waals surface area contributed by atoms with E-state index in [4.69, 9.17) is 14.2 Å². The van der Waals surface area contributed by atoms with E-state index in [1.807, 2.05) is 27.7 Å². The topological polar surface area (TPSA) is 56.8 Å². The first-order valence-electron chi connectivity index (χ1n) is 11.0. The number of carbonyl (C=O) groups is 1. The van der Waals surface area contributed by atoms with Gasteiger partial charge in [0.25, 0.3) is 0 Å². The van der Waals surface area contributed by atoms with Gasteiger partial charge in [0.05, 0.1) is 26.4 Å². The third kappa shape index (κ3) is 19.9. The van der Waals surface area contributed by atoms with Gasteiger partial charge in [-0.3, -0.25) is 4.79 Å². The summed E-state index contributed by atoms with van der Waals surface area (Å²) in [6.45, 7) is 12.9. The summed E-state index contributed by atoms with van der Waals surface area (Å²) in [7, 11) is 0. The van der Waals surface area contributed by atoms with Gasteiger partial charge in [-0.2, -0.15) is 0 Å². The summed E-state index contributed by atoms with van der Waals surface area (Å²) < 4.78 is 16.2. The van der Waals surface area contributed by atoms with Crippen LogP contribution in [0.2, 0.25) is 0 Å². The lowest BCUT2D eigenvalue weighted by atomic mass is 9.96. The number of amides is 1. The highest BCUT2D eigenvalue weighted by Gasteiger charge is 2.19. The molecule has 0 unspecified atom stereocenters. The molecule has 0 aromatic rings. The van der Waals surface area contributed by atoms with Crippen molar-refractivity contribution in [3.8, 4) is 0 Å². The van der Waals surface area contributed by atoms with Crippen molar-refractivity contribution in [1.29, 1.82) is 0 Å². The Morgan fingerprint density at radius 3 is 1.63 bits per heavy atom. The fourth-order valence-corrected chi connectivity index (χ4v) is 2.62. The van der Waals surface area contributed by atoms with Crippen LogP contribution in [-0.4, -0.2) is 52.1 Å². The molecule has 0 rings (SSSR count). The van der Waals surface area contributed by atoms with E-state index in [9.17, 15) is 4.79 Å². The minimum atomic E-state index is -0.275. The molecule has 0 aromatic heterocycles. The maximum Gasteiger partial charge on any atom is 0.225 e. The van der Waals surface area contributed by atoms with E-state index in [1.54, 1.807) is 0 Å². The van der Waals surface area contributed by atoms with Gasteiger partial charge in [0.2, 0.25) is 5.91 Å². The van der Waals surface area contributed by atoms with Crippen LogP contribution >= 0.6 is 0 Å². The molecule has 0 bridgehead atoms. The van der Waals surface area contributed by atoms with E-state index in [0.717, 1.165) is 32.6 Å². The molecular formula is C22H45NO4. The second-order valence-electron chi connectivity index (χ2n) is 8.11. The monoisotopic (exact) mass is 387 g/mol. The number of unbranched alkanes of at least 4 members (excludes halogenated alkanes) is 8. The molecule has 0 saturated carbocycles. The molecule has 0 aliphatic heterocycles. The van der Waals surface area contributed by atoms with E-state index in [1.165, 1.54) is 44.9 Å². The first kappa shape index (κ1) is 26.4. The molecule has 27 heavy (non-hydrogen) atoms. The Balaban J connectivity index is 3.10. The van der Waals surface area contributed by atoms with Crippen molar-refractivity contribution in [2.24, 2.45) is 5.41 Å².